The molecule has 0 unspecified atom stereocenters. The number of esters is 1. The number of ether oxygens (including phenoxy) is 6. The van der Waals surface area contributed by atoms with Crippen LogP contribution in [0.3, 0.4) is 0 Å². The van der Waals surface area contributed by atoms with Gasteiger partial charge in [-0.15, -0.1) is 0 Å². The Hall–Kier alpha value is -1.39. The highest BCUT2D eigenvalue weighted by Crippen LogP contribution is 2.76. The average Bonchev–Trinajstić information content (AvgIpc) is 3.24. The van der Waals surface area contributed by atoms with Gasteiger partial charge < -0.3 is 79.5 Å². The topological polar surface area (TPSA) is 275 Å². The molecule has 0 spiro atoms. The maximum Gasteiger partial charge on any atom is 0.315 e. The molecular weight excluding hydrogens is 836 g/mol. The van der Waals surface area contributed by atoms with Crippen LogP contribution in [0.5, 0.6) is 0 Å². The van der Waals surface area contributed by atoms with Crippen LogP contribution in [0.1, 0.15) is 113 Å². The summed E-state index contributed by atoms with van der Waals surface area (Å²) in [5, 5.41) is 106. The van der Waals surface area contributed by atoms with Crippen LogP contribution in [0.4, 0.5) is 0 Å². The number of hydrogen-bond acceptors (Lipinski definition) is 17. The molecule has 8 aliphatic rings. The van der Waals surface area contributed by atoms with Crippen LogP contribution in [0.25, 0.3) is 0 Å². The quantitative estimate of drug-likeness (QED) is 0.0916. The second kappa shape index (κ2) is 17.2. The third kappa shape index (κ3) is 7.40. The van der Waals surface area contributed by atoms with Crippen molar-refractivity contribution >= 4 is 5.97 Å². The van der Waals surface area contributed by atoms with Gasteiger partial charge in [-0.1, -0.05) is 53.2 Å². The van der Waals surface area contributed by atoms with Gasteiger partial charge in [-0.3, -0.25) is 4.79 Å². The van der Waals surface area contributed by atoms with E-state index in [9.17, 15) is 55.9 Å². The molecule has 8 rings (SSSR count). The zero-order valence-corrected chi connectivity index (χ0v) is 38.5. The summed E-state index contributed by atoms with van der Waals surface area (Å²) in [6.07, 6.45) is -9.24. The van der Waals surface area contributed by atoms with Gasteiger partial charge in [0.25, 0.3) is 0 Å². The Balaban J connectivity index is 1.01. The monoisotopic (exact) mass is 913 g/mol. The van der Waals surface area contributed by atoms with Crippen LogP contribution in [0, 0.1) is 50.7 Å². The van der Waals surface area contributed by atoms with E-state index in [1.807, 2.05) is 13.8 Å². The van der Waals surface area contributed by atoms with Crippen LogP contribution in [0.15, 0.2) is 11.6 Å². The van der Waals surface area contributed by atoms with Crippen molar-refractivity contribution in [3.8, 4) is 0 Å². The molecule has 0 aromatic carbocycles. The molecule has 0 bridgehead atoms. The molecule has 64 heavy (non-hydrogen) atoms. The smallest absolute Gasteiger partial charge is 0.315 e. The fraction of sp³-hybridized carbons (Fsp3) is 0.936. The highest BCUT2D eigenvalue weighted by atomic mass is 16.7. The van der Waals surface area contributed by atoms with Crippen LogP contribution in [-0.4, -0.2) is 168 Å². The minimum absolute atomic E-state index is 0.0891. The molecule has 10 N–H and O–H groups in total. The standard InChI is InChI=1S/C47H76O17/c1-22-10-15-47(41(57)64-40-37(56)35(54)33(52)27(20-49)62-40)17-16-44(5)23(38(47)46(22,7)58)8-9-29-43(4)13-12-30(42(2,3)28(43)11-14-45(29,44)6)63-31-18-25(24(50)21-59-31)60-39-36(55)34(53)32(51)26(19-48)61-39/h8,22,24-40,48-56,58H,9-21H2,1-7H3/t22-,24-,25-,26+,27+,28-,29-,30-,31+,32+,33+,34+,35+,36+,37+,38-,39+,40-,43-,44-,45+,46+,47-/m0/s1. The highest BCUT2D eigenvalue weighted by molar-refractivity contribution is 5.79. The van der Waals surface area contributed by atoms with E-state index in [1.54, 1.807) is 0 Å². The zero-order chi connectivity index (χ0) is 46.7. The second-order valence-corrected chi connectivity index (χ2v) is 22.6. The van der Waals surface area contributed by atoms with Gasteiger partial charge >= 0.3 is 5.97 Å². The minimum atomic E-state index is -1.73. The van der Waals surface area contributed by atoms with Crippen LogP contribution in [-0.2, 0) is 33.2 Å². The number of aliphatic hydroxyl groups is 10. The Kier molecular flexibility index (Phi) is 13.2. The lowest BCUT2D eigenvalue weighted by Gasteiger charge is -2.72. The maximum absolute atomic E-state index is 14.7. The molecule has 4 saturated carbocycles. The molecule has 0 aromatic rings. The molecule has 7 fully saturated rings. The lowest BCUT2D eigenvalue weighted by atomic mass is 9.33. The molecule has 366 valence electrons. The third-order valence-corrected chi connectivity index (χ3v) is 19.3. The summed E-state index contributed by atoms with van der Waals surface area (Å²) in [5.74, 6) is -0.811. The molecule has 5 aliphatic carbocycles. The third-order valence-electron chi connectivity index (χ3n) is 19.3. The molecule has 0 radical (unpaired) electrons. The molecule has 0 aromatic heterocycles. The predicted molar refractivity (Wildman–Crippen MR) is 224 cm³/mol. The first kappa shape index (κ1) is 49.0. The van der Waals surface area contributed by atoms with Gasteiger partial charge in [-0.05, 0) is 104 Å². The van der Waals surface area contributed by atoms with Gasteiger partial charge in [0, 0.05) is 12.3 Å². The molecule has 3 heterocycles. The number of allylic oxidation sites excluding steroid dienone is 1. The van der Waals surface area contributed by atoms with E-state index in [-0.39, 0.29) is 58.5 Å². The van der Waals surface area contributed by atoms with Crippen molar-refractivity contribution in [3.05, 3.63) is 11.6 Å². The Morgan fingerprint density at radius 3 is 2.00 bits per heavy atom. The van der Waals surface area contributed by atoms with Crippen molar-refractivity contribution in [1.29, 1.82) is 0 Å². The van der Waals surface area contributed by atoms with Crippen molar-refractivity contribution in [1.82, 2.24) is 0 Å². The second-order valence-electron chi connectivity index (χ2n) is 22.6. The summed E-state index contributed by atoms with van der Waals surface area (Å²) in [6.45, 7) is 14.2. The Bertz CT molecular complexity index is 1740. The maximum atomic E-state index is 14.7. The van der Waals surface area contributed by atoms with Gasteiger partial charge in [-0.2, -0.15) is 0 Å². The first-order valence-corrected chi connectivity index (χ1v) is 23.8. The first-order valence-electron chi connectivity index (χ1n) is 23.8. The van der Waals surface area contributed by atoms with Crippen molar-refractivity contribution < 1.29 is 84.3 Å². The van der Waals surface area contributed by atoms with Gasteiger partial charge in [0.05, 0.1) is 43.0 Å². The lowest BCUT2D eigenvalue weighted by Crippen LogP contribution is -2.68. The van der Waals surface area contributed by atoms with Crippen LogP contribution in [0.2, 0.25) is 0 Å². The summed E-state index contributed by atoms with van der Waals surface area (Å²) >= 11 is 0. The van der Waals surface area contributed by atoms with E-state index in [4.69, 9.17) is 28.4 Å². The number of fused-ring (bicyclic) bond motifs is 7. The van der Waals surface area contributed by atoms with Gasteiger partial charge in [0.1, 0.15) is 54.9 Å². The number of rotatable bonds is 8. The molecule has 3 saturated heterocycles. The fourth-order valence-electron chi connectivity index (χ4n) is 15.0. The SMILES string of the molecule is C[C@H]1CC[C@]2(C(=O)O[C@@H]3O[C@H](CO)[C@@H](O)[C@@H](O)[C@H]3O)CC[C@@]3(C)C(=CC[C@H]4[C@@]5(C)CC[C@H](O[C@@H]6C[C@H](O[C@@H]7O[C@H](CO)[C@@H](O)[C@@H](O)[C@H]7O)[C@@H](O)CO6)C(C)(C)[C@@H]5CC[C@]43C)[C@H]2[C@]1(C)O. The highest BCUT2D eigenvalue weighted by Gasteiger charge is 2.72. The molecule has 3 aliphatic heterocycles. The van der Waals surface area contributed by atoms with E-state index in [2.05, 4.69) is 40.7 Å². The Morgan fingerprint density at radius 1 is 0.734 bits per heavy atom. The zero-order valence-electron chi connectivity index (χ0n) is 38.5. The summed E-state index contributed by atoms with van der Waals surface area (Å²) in [4.78, 5) is 14.7. The number of hydrogen-bond donors (Lipinski definition) is 10. The molecule has 17 heteroatoms. The van der Waals surface area contributed by atoms with E-state index < -0.39 is 116 Å². The summed E-state index contributed by atoms with van der Waals surface area (Å²) in [6, 6.07) is 0. The number of carbonyl (C=O) groups excluding carboxylic acids is 1. The van der Waals surface area contributed by atoms with Crippen LogP contribution < -0.4 is 0 Å². The molecule has 23 atom stereocenters. The fourth-order valence-corrected chi connectivity index (χ4v) is 15.0. The molecule has 0 amide bonds. The Labute approximate surface area is 376 Å². The minimum Gasteiger partial charge on any atom is -0.432 e. The average molecular weight is 913 g/mol. The predicted octanol–water partition coefficient (Wildman–Crippen LogP) is 0.780. The number of aliphatic hydroxyl groups excluding tert-OH is 9. The van der Waals surface area contributed by atoms with E-state index in [1.165, 1.54) is 0 Å². The lowest BCUT2D eigenvalue weighted by molar-refractivity contribution is -0.336. The summed E-state index contributed by atoms with van der Waals surface area (Å²) < 4.78 is 35.9. The van der Waals surface area contributed by atoms with Crippen LogP contribution >= 0.6 is 0 Å². The van der Waals surface area contributed by atoms with Gasteiger partial charge in [-0.25, -0.2) is 0 Å². The van der Waals surface area contributed by atoms with Crippen molar-refractivity contribution in [2.75, 3.05) is 19.8 Å². The van der Waals surface area contributed by atoms with Crippen molar-refractivity contribution in [2.45, 2.75) is 204 Å². The largest absolute Gasteiger partial charge is 0.432 e. The summed E-state index contributed by atoms with van der Waals surface area (Å²) in [7, 11) is 0. The summed E-state index contributed by atoms with van der Waals surface area (Å²) in [5.41, 5.74) is -2.32. The Morgan fingerprint density at radius 2 is 1.36 bits per heavy atom. The van der Waals surface area contributed by atoms with E-state index >= 15 is 0 Å². The van der Waals surface area contributed by atoms with E-state index in [0.29, 0.717) is 25.7 Å². The first-order chi connectivity index (χ1) is 29.9. The van der Waals surface area contributed by atoms with E-state index in [0.717, 1.165) is 37.7 Å². The normalized spacial score (nSPS) is 54.9. The number of carbonyl (C=O) groups is 1. The molecular formula is C47H76O17. The van der Waals surface area contributed by atoms with Gasteiger partial charge in [0.15, 0.2) is 12.6 Å². The van der Waals surface area contributed by atoms with Crippen molar-refractivity contribution in [3.63, 3.8) is 0 Å². The van der Waals surface area contributed by atoms with Crippen molar-refractivity contribution in [2.24, 2.45) is 50.7 Å². The van der Waals surface area contributed by atoms with Gasteiger partial charge in [0.2, 0.25) is 6.29 Å². The molecule has 17 nitrogen and oxygen atoms in total.